The number of nitrogens with zero attached hydrogens (tertiary/aromatic N) is 3. The maximum absolute atomic E-state index is 6.71. The Kier molecular flexibility index (Phi) is 7.64. The Morgan fingerprint density at radius 3 is 2.24 bits per heavy atom. The predicted octanol–water partition coefficient (Wildman–Crippen LogP) is 9.59. The van der Waals surface area contributed by atoms with Crippen LogP contribution in [0.15, 0.2) is 47.6 Å². The van der Waals surface area contributed by atoms with Gasteiger partial charge in [0.15, 0.2) is 0 Å². The van der Waals surface area contributed by atoms with E-state index in [0.717, 1.165) is 33.6 Å². The van der Waals surface area contributed by atoms with E-state index in [1.165, 1.54) is 33.0 Å². The Hall–Kier alpha value is -3.43. The molecular weight excluding hydrogens is 750 g/mol. The van der Waals surface area contributed by atoms with E-state index in [9.17, 15) is 0 Å². The fourth-order valence-corrected chi connectivity index (χ4v) is 6.66. The second-order valence-corrected chi connectivity index (χ2v) is 15.7. The molecule has 6 heteroatoms. The number of hydrogen-bond acceptors (Lipinski definition) is 4. The summed E-state index contributed by atoms with van der Waals surface area (Å²) in [5, 5.41) is 2.40. The van der Waals surface area contributed by atoms with Gasteiger partial charge in [-0.3, -0.25) is 4.99 Å². The fourth-order valence-electron chi connectivity index (χ4n) is 6.66. The van der Waals surface area contributed by atoms with E-state index in [-0.39, 0.29) is 43.4 Å². The number of benzene rings is 3. The first-order chi connectivity index (χ1) is 21.0. The van der Waals surface area contributed by atoms with Crippen LogP contribution in [0.1, 0.15) is 101 Å². The molecule has 46 heavy (non-hydrogen) atoms. The summed E-state index contributed by atoms with van der Waals surface area (Å²) in [5.74, 6) is 1.93. The van der Waals surface area contributed by atoms with Gasteiger partial charge in [0.25, 0.3) is 0 Å². The summed E-state index contributed by atoms with van der Waals surface area (Å²) >= 11 is 0. The van der Waals surface area contributed by atoms with Crippen molar-refractivity contribution in [2.45, 2.75) is 98.4 Å². The third-order valence-electron chi connectivity index (χ3n) is 9.43. The van der Waals surface area contributed by atoms with Gasteiger partial charge in [-0.25, -0.2) is 4.98 Å². The van der Waals surface area contributed by atoms with Gasteiger partial charge in [-0.1, -0.05) is 91.8 Å². The Morgan fingerprint density at radius 2 is 1.59 bits per heavy atom. The van der Waals surface area contributed by atoms with Crippen LogP contribution in [0, 0.1) is 26.0 Å². The fraction of sp³-hybridized carbons (Fsp3) is 0.400. The summed E-state index contributed by atoms with van der Waals surface area (Å²) in [6.07, 6.45) is 1.96. The zero-order chi connectivity index (χ0) is 32.2. The summed E-state index contributed by atoms with van der Waals surface area (Å²) in [6.45, 7) is 25.0. The van der Waals surface area contributed by atoms with Crippen molar-refractivity contribution in [3.8, 4) is 17.2 Å². The van der Waals surface area contributed by atoms with Crippen molar-refractivity contribution in [3.63, 3.8) is 0 Å². The van der Waals surface area contributed by atoms with Crippen LogP contribution in [-0.2, 0) is 42.0 Å². The normalized spacial score (nSPS) is 17.0. The largest absolute Gasteiger partial charge is 2.00 e. The maximum atomic E-state index is 6.71. The molecule has 2 aromatic heterocycles. The van der Waals surface area contributed by atoms with Crippen LogP contribution in [0.4, 0.5) is 0 Å². The van der Waals surface area contributed by atoms with E-state index in [2.05, 4.69) is 129 Å². The third kappa shape index (κ3) is 5.20. The standard InChI is InChI=1S/C40H43N3O2.Pt/c1-22-12-30-29-17-27(39(7,8)9)18-32-35(29)43(36(30)41-20-22)33-19-34(23(2)13-31(33)40(32,10)11)45-28-15-25(37-42-24(3)21-44-37)14-26(16-28)38(4,5)6;/h12-14,16-18,20,24H,21H2,1-11H3;/q-2;+2/t24-;/m1./s1. The van der Waals surface area contributed by atoms with E-state index in [1.54, 1.807) is 0 Å². The molecule has 5 nitrogen and oxygen atoms in total. The molecule has 0 fully saturated rings. The second-order valence-electron chi connectivity index (χ2n) is 15.7. The van der Waals surface area contributed by atoms with Crippen LogP contribution in [0.3, 0.4) is 0 Å². The van der Waals surface area contributed by atoms with E-state index >= 15 is 0 Å². The SMILES string of the molecule is Cc1cnc2c(c1)c1cc(C(C)(C)C)cc3c1n2-c1[c-]c(Oc2[c-]c(C4=N[C@H](C)CO4)cc(C(C)(C)C)c2)c(C)cc1C3(C)C.[Pt+2]. The molecule has 0 spiro atoms. The molecule has 2 aliphatic rings. The van der Waals surface area contributed by atoms with Gasteiger partial charge in [-0.15, -0.1) is 28.8 Å². The first-order valence-electron chi connectivity index (χ1n) is 16.0. The number of hydrogen-bond donors (Lipinski definition) is 0. The Morgan fingerprint density at radius 1 is 0.891 bits per heavy atom. The second kappa shape index (κ2) is 10.8. The average molecular weight is 793 g/mol. The van der Waals surface area contributed by atoms with Crippen molar-refractivity contribution in [3.05, 3.63) is 93.7 Å². The zero-order valence-electron chi connectivity index (χ0n) is 28.8. The molecule has 0 bridgehead atoms. The van der Waals surface area contributed by atoms with E-state index in [4.69, 9.17) is 19.5 Å². The molecule has 4 heterocycles. The summed E-state index contributed by atoms with van der Waals surface area (Å²) in [6, 6.07) is 20.9. The molecule has 0 saturated carbocycles. The Bertz CT molecular complexity index is 2070. The molecule has 1 atom stereocenters. The Labute approximate surface area is 287 Å². The minimum atomic E-state index is -0.256. The van der Waals surface area contributed by atoms with E-state index < -0.39 is 0 Å². The number of rotatable bonds is 3. The van der Waals surface area contributed by atoms with E-state index in [1.807, 2.05) is 6.20 Å². The summed E-state index contributed by atoms with van der Waals surface area (Å²) < 4.78 is 14.9. The molecule has 0 amide bonds. The van der Waals surface area contributed by atoms with Gasteiger partial charge in [0.1, 0.15) is 11.5 Å². The van der Waals surface area contributed by atoms with Crippen LogP contribution in [0.2, 0.25) is 0 Å². The molecule has 0 aliphatic carbocycles. The van der Waals surface area contributed by atoms with Crippen LogP contribution in [-0.4, -0.2) is 28.1 Å². The number of pyridine rings is 1. The summed E-state index contributed by atoms with van der Waals surface area (Å²) in [7, 11) is 0. The van der Waals surface area contributed by atoms with Crippen molar-refractivity contribution in [2.24, 2.45) is 4.99 Å². The monoisotopic (exact) mass is 792 g/mol. The van der Waals surface area contributed by atoms with Crippen LogP contribution >= 0.6 is 0 Å². The van der Waals surface area contributed by atoms with Crippen molar-refractivity contribution in [1.82, 2.24) is 9.55 Å². The van der Waals surface area contributed by atoms with Crippen molar-refractivity contribution >= 4 is 27.8 Å². The van der Waals surface area contributed by atoms with Crippen LogP contribution in [0.5, 0.6) is 11.5 Å². The van der Waals surface area contributed by atoms with Gasteiger partial charge in [-0.2, -0.15) is 6.07 Å². The molecule has 2 aliphatic heterocycles. The Balaban J connectivity index is 0.00000372. The molecule has 0 unspecified atom stereocenters. The van der Waals surface area contributed by atoms with E-state index in [0.29, 0.717) is 24.0 Å². The van der Waals surface area contributed by atoms with Crippen molar-refractivity contribution < 1.29 is 30.5 Å². The smallest absolute Gasteiger partial charge is 0.518 e. The van der Waals surface area contributed by atoms with Gasteiger partial charge in [-0.05, 0) is 58.9 Å². The quantitative estimate of drug-likeness (QED) is 0.171. The maximum Gasteiger partial charge on any atom is 2.00 e. The number of aliphatic imine (C=N–C) groups is 1. The first-order valence-corrected chi connectivity index (χ1v) is 16.0. The molecule has 0 radical (unpaired) electrons. The van der Waals surface area contributed by atoms with Gasteiger partial charge in [0.05, 0.1) is 18.2 Å². The summed E-state index contributed by atoms with van der Waals surface area (Å²) in [5.41, 5.74) is 10.8. The molecule has 0 N–H and O–H groups in total. The minimum Gasteiger partial charge on any atom is -0.518 e. The van der Waals surface area contributed by atoms with Gasteiger partial charge < -0.3 is 14.0 Å². The van der Waals surface area contributed by atoms with Gasteiger partial charge in [0, 0.05) is 28.5 Å². The number of fused-ring (bicyclic) bond motifs is 5. The average Bonchev–Trinajstić information content (AvgIpc) is 3.53. The van der Waals surface area contributed by atoms with Crippen molar-refractivity contribution in [1.29, 1.82) is 0 Å². The first kappa shape index (κ1) is 32.5. The predicted molar refractivity (Wildman–Crippen MR) is 184 cm³/mol. The van der Waals surface area contributed by atoms with Crippen LogP contribution < -0.4 is 4.74 Å². The summed E-state index contributed by atoms with van der Waals surface area (Å²) in [4.78, 5) is 9.71. The molecular formula is C40H43N3O2Pt. The molecule has 0 saturated heterocycles. The third-order valence-corrected chi connectivity index (χ3v) is 9.43. The van der Waals surface area contributed by atoms with Crippen molar-refractivity contribution in [2.75, 3.05) is 6.61 Å². The number of ether oxygens (including phenoxy) is 2. The zero-order valence-corrected chi connectivity index (χ0v) is 31.1. The van der Waals surface area contributed by atoms with Crippen LogP contribution in [0.25, 0.3) is 27.6 Å². The molecule has 5 aromatic rings. The van der Waals surface area contributed by atoms with Gasteiger partial charge in [0.2, 0.25) is 0 Å². The minimum absolute atomic E-state index is 0. The number of aromatic nitrogens is 2. The number of aryl methyl sites for hydroxylation is 2. The molecule has 3 aromatic carbocycles. The molecule has 240 valence electrons. The molecule has 7 rings (SSSR count). The topological polar surface area (TPSA) is 48.6 Å². The van der Waals surface area contributed by atoms with Gasteiger partial charge >= 0.3 is 21.1 Å².